The van der Waals surface area contributed by atoms with Gasteiger partial charge in [-0.1, -0.05) is 41.4 Å². The van der Waals surface area contributed by atoms with Gasteiger partial charge in [-0.2, -0.15) is 0 Å². The highest BCUT2D eigenvalue weighted by molar-refractivity contribution is 9.10. The molecule has 0 aliphatic heterocycles. The third kappa shape index (κ3) is 4.89. The molecule has 2 aromatic rings. The van der Waals surface area contributed by atoms with Crippen LogP contribution in [0.3, 0.4) is 0 Å². The number of hydrogen-bond donors (Lipinski definition) is 1. The van der Waals surface area contributed by atoms with E-state index in [9.17, 15) is 0 Å². The zero-order valence-corrected chi connectivity index (χ0v) is 13.3. The van der Waals surface area contributed by atoms with Crippen molar-refractivity contribution in [3.63, 3.8) is 0 Å². The second kappa shape index (κ2) is 7.95. The summed E-state index contributed by atoms with van der Waals surface area (Å²) in [5, 5.41) is 3.36. The maximum absolute atomic E-state index is 5.66. The number of nitrogens with one attached hydrogen (secondary N) is 1. The number of aryl methyl sites for hydroxylation is 1. The fourth-order valence-electron chi connectivity index (χ4n) is 1.97. The van der Waals surface area contributed by atoms with Crippen LogP contribution in [0.25, 0.3) is 0 Å². The lowest BCUT2D eigenvalue weighted by molar-refractivity contribution is 0.333. The second-order valence-electron chi connectivity index (χ2n) is 4.68. The summed E-state index contributed by atoms with van der Waals surface area (Å²) in [5.74, 6) is 0.897. The van der Waals surface area contributed by atoms with Crippen LogP contribution in [-0.2, 0) is 6.42 Å². The first-order valence-electron chi connectivity index (χ1n) is 6.99. The number of hydrogen-bond acceptors (Lipinski definition) is 2. The van der Waals surface area contributed by atoms with Gasteiger partial charge in [0.2, 0.25) is 0 Å². The Morgan fingerprint density at radius 3 is 2.35 bits per heavy atom. The van der Waals surface area contributed by atoms with Crippen LogP contribution in [0.4, 0.5) is 5.69 Å². The topological polar surface area (TPSA) is 21.3 Å². The van der Waals surface area contributed by atoms with E-state index in [0.29, 0.717) is 6.61 Å². The molecular formula is C17H20BrNO. The first kappa shape index (κ1) is 14.9. The molecular weight excluding hydrogens is 314 g/mol. The molecule has 0 unspecified atom stereocenters. The number of benzene rings is 2. The summed E-state index contributed by atoms with van der Waals surface area (Å²) in [4.78, 5) is 0. The SMILES string of the molecule is CCCc1ccc(NCCOc2ccc(Br)cc2)cc1. The lowest BCUT2D eigenvalue weighted by Crippen LogP contribution is -2.11. The van der Waals surface area contributed by atoms with Crippen molar-refractivity contribution in [3.8, 4) is 5.75 Å². The second-order valence-corrected chi connectivity index (χ2v) is 5.59. The average Bonchev–Trinajstić information content (AvgIpc) is 2.47. The summed E-state index contributed by atoms with van der Waals surface area (Å²) in [6, 6.07) is 16.5. The molecule has 0 atom stereocenters. The van der Waals surface area contributed by atoms with E-state index in [1.54, 1.807) is 0 Å². The number of anilines is 1. The van der Waals surface area contributed by atoms with Crippen LogP contribution in [0.15, 0.2) is 53.0 Å². The van der Waals surface area contributed by atoms with Crippen molar-refractivity contribution in [2.75, 3.05) is 18.5 Å². The first-order chi connectivity index (χ1) is 9.78. The Hall–Kier alpha value is -1.48. The Bertz CT molecular complexity index is 508. The van der Waals surface area contributed by atoms with Gasteiger partial charge < -0.3 is 10.1 Å². The minimum absolute atomic E-state index is 0.651. The molecule has 0 fully saturated rings. The van der Waals surface area contributed by atoms with Crippen molar-refractivity contribution in [1.82, 2.24) is 0 Å². The van der Waals surface area contributed by atoms with E-state index >= 15 is 0 Å². The van der Waals surface area contributed by atoms with Crippen molar-refractivity contribution in [2.24, 2.45) is 0 Å². The molecule has 0 aliphatic rings. The predicted molar refractivity (Wildman–Crippen MR) is 88.6 cm³/mol. The van der Waals surface area contributed by atoms with Gasteiger partial charge >= 0.3 is 0 Å². The van der Waals surface area contributed by atoms with Crippen molar-refractivity contribution in [1.29, 1.82) is 0 Å². The maximum Gasteiger partial charge on any atom is 0.119 e. The highest BCUT2D eigenvalue weighted by Gasteiger charge is 1.96. The standard InChI is InChI=1S/C17H20BrNO/c1-2-3-14-4-8-16(9-5-14)19-12-13-20-17-10-6-15(18)7-11-17/h4-11,19H,2-3,12-13H2,1H3. The van der Waals surface area contributed by atoms with Gasteiger partial charge in [-0.25, -0.2) is 0 Å². The molecule has 0 amide bonds. The third-order valence-electron chi connectivity index (χ3n) is 3.01. The van der Waals surface area contributed by atoms with Crippen molar-refractivity contribution in [2.45, 2.75) is 19.8 Å². The van der Waals surface area contributed by atoms with Gasteiger partial charge in [0.05, 0.1) is 0 Å². The molecule has 0 bridgehead atoms. The van der Waals surface area contributed by atoms with Gasteiger partial charge in [0, 0.05) is 16.7 Å². The largest absolute Gasteiger partial charge is 0.492 e. The highest BCUT2D eigenvalue weighted by atomic mass is 79.9. The zero-order valence-electron chi connectivity index (χ0n) is 11.7. The smallest absolute Gasteiger partial charge is 0.119 e. The fourth-order valence-corrected chi connectivity index (χ4v) is 2.24. The van der Waals surface area contributed by atoms with E-state index in [-0.39, 0.29) is 0 Å². The predicted octanol–water partition coefficient (Wildman–Crippen LogP) is 4.89. The van der Waals surface area contributed by atoms with Crippen LogP contribution in [0.2, 0.25) is 0 Å². The van der Waals surface area contributed by atoms with Gasteiger partial charge in [-0.15, -0.1) is 0 Å². The van der Waals surface area contributed by atoms with E-state index in [1.807, 2.05) is 24.3 Å². The molecule has 0 saturated heterocycles. The Labute approximate surface area is 129 Å². The minimum Gasteiger partial charge on any atom is -0.492 e. The summed E-state index contributed by atoms with van der Waals surface area (Å²) in [6.45, 7) is 3.65. The maximum atomic E-state index is 5.66. The Balaban J connectivity index is 1.71. The van der Waals surface area contributed by atoms with Gasteiger partial charge in [0.15, 0.2) is 0 Å². The van der Waals surface area contributed by atoms with Crippen LogP contribution < -0.4 is 10.1 Å². The van der Waals surface area contributed by atoms with Gasteiger partial charge in [0.25, 0.3) is 0 Å². The van der Waals surface area contributed by atoms with E-state index in [1.165, 1.54) is 12.0 Å². The Morgan fingerprint density at radius 2 is 1.70 bits per heavy atom. The molecule has 2 nitrogen and oxygen atoms in total. The van der Waals surface area contributed by atoms with Crippen molar-refractivity contribution in [3.05, 3.63) is 58.6 Å². The van der Waals surface area contributed by atoms with Crippen molar-refractivity contribution < 1.29 is 4.74 Å². The molecule has 2 rings (SSSR count). The quantitative estimate of drug-likeness (QED) is 0.728. The number of rotatable bonds is 7. The molecule has 0 saturated carbocycles. The lowest BCUT2D eigenvalue weighted by atomic mass is 10.1. The number of halogens is 1. The van der Waals surface area contributed by atoms with E-state index in [4.69, 9.17) is 4.74 Å². The summed E-state index contributed by atoms with van der Waals surface area (Å²) in [6.07, 6.45) is 2.33. The molecule has 0 heterocycles. The third-order valence-corrected chi connectivity index (χ3v) is 3.53. The highest BCUT2D eigenvalue weighted by Crippen LogP contribution is 2.16. The van der Waals surface area contributed by atoms with Gasteiger partial charge in [-0.05, 0) is 48.4 Å². The fraction of sp³-hybridized carbons (Fsp3) is 0.294. The van der Waals surface area contributed by atoms with Gasteiger partial charge in [-0.3, -0.25) is 0 Å². The molecule has 20 heavy (non-hydrogen) atoms. The molecule has 2 aromatic carbocycles. The molecule has 0 aromatic heterocycles. The Morgan fingerprint density at radius 1 is 1.00 bits per heavy atom. The summed E-state index contributed by atoms with van der Waals surface area (Å²) >= 11 is 3.41. The lowest BCUT2D eigenvalue weighted by Gasteiger charge is -2.09. The summed E-state index contributed by atoms with van der Waals surface area (Å²) in [5.41, 5.74) is 2.54. The molecule has 1 N–H and O–H groups in total. The molecule has 0 spiro atoms. The molecule has 106 valence electrons. The molecule has 0 radical (unpaired) electrons. The van der Waals surface area contributed by atoms with Crippen molar-refractivity contribution >= 4 is 21.6 Å². The van der Waals surface area contributed by atoms with Crippen LogP contribution in [-0.4, -0.2) is 13.2 Å². The normalized spacial score (nSPS) is 10.3. The van der Waals surface area contributed by atoms with E-state index in [2.05, 4.69) is 52.4 Å². The van der Waals surface area contributed by atoms with E-state index in [0.717, 1.165) is 28.9 Å². The average molecular weight is 334 g/mol. The van der Waals surface area contributed by atoms with Crippen LogP contribution in [0, 0.1) is 0 Å². The van der Waals surface area contributed by atoms with E-state index < -0.39 is 0 Å². The molecule has 0 aliphatic carbocycles. The van der Waals surface area contributed by atoms with Crippen LogP contribution in [0.5, 0.6) is 5.75 Å². The monoisotopic (exact) mass is 333 g/mol. The summed E-state index contributed by atoms with van der Waals surface area (Å²) < 4.78 is 6.73. The first-order valence-corrected chi connectivity index (χ1v) is 7.78. The van der Waals surface area contributed by atoms with Crippen LogP contribution >= 0.6 is 15.9 Å². The van der Waals surface area contributed by atoms with Gasteiger partial charge in [0.1, 0.15) is 12.4 Å². The summed E-state index contributed by atoms with van der Waals surface area (Å²) in [7, 11) is 0. The van der Waals surface area contributed by atoms with Crippen LogP contribution in [0.1, 0.15) is 18.9 Å². The Kier molecular flexibility index (Phi) is 5.93. The number of ether oxygens (including phenoxy) is 1. The molecule has 3 heteroatoms. The zero-order chi connectivity index (χ0) is 14.2. The minimum atomic E-state index is 0.651.